The molecule has 30 heavy (non-hydrogen) atoms. The zero-order valence-electron chi connectivity index (χ0n) is 16.9. The number of amides is 1. The minimum atomic E-state index is 0.0765. The lowest BCUT2D eigenvalue weighted by Crippen LogP contribution is -2.48. The summed E-state index contributed by atoms with van der Waals surface area (Å²) in [5, 5.41) is 2.08. The number of carbonyl (C=O) groups excluding carboxylic acids is 2. The van der Waals surface area contributed by atoms with Crippen LogP contribution in [0, 0.1) is 0 Å². The predicted octanol–water partition coefficient (Wildman–Crippen LogP) is 5.21. The molecule has 1 aromatic heterocycles. The number of thiophene rings is 1. The Hall–Kier alpha value is -2.57. The van der Waals surface area contributed by atoms with E-state index in [-0.39, 0.29) is 11.7 Å². The molecule has 2 aromatic carbocycles. The molecule has 1 amide bonds. The quantitative estimate of drug-likeness (QED) is 0.393. The molecule has 0 bridgehead atoms. The molecule has 0 unspecified atom stereocenters. The van der Waals surface area contributed by atoms with Gasteiger partial charge < -0.3 is 9.80 Å². The van der Waals surface area contributed by atoms with Gasteiger partial charge in [-0.3, -0.25) is 9.59 Å². The summed E-state index contributed by atoms with van der Waals surface area (Å²) in [6.07, 6.45) is 0. The largest absolute Gasteiger partial charge is 0.368 e. The lowest BCUT2D eigenvalue weighted by atomic mass is 10.1. The van der Waals surface area contributed by atoms with Gasteiger partial charge in [0.2, 0.25) is 0 Å². The molecule has 0 saturated carbocycles. The standard InChI is InChI=1S/C24H24N2O2S2/c1-18(27)19-8-10-20(11-9-19)25-12-14-26(15-13-25)24(28)22-6-2-3-7-23(22)30-17-21-5-4-16-29-21/h2-11,16H,12-15,17H2,1H3. The van der Waals surface area contributed by atoms with Crippen LogP contribution in [0.4, 0.5) is 5.69 Å². The van der Waals surface area contributed by atoms with Gasteiger partial charge in [0, 0.05) is 53.0 Å². The maximum atomic E-state index is 13.2. The first-order valence-corrected chi connectivity index (χ1v) is 11.9. The van der Waals surface area contributed by atoms with E-state index in [1.165, 1.54) is 4.88 Å². The Morgan fingerprint density at radius 2 is 1.67 bits per heavy atom. The summed E-state index contributed by atoms with van der Waals surface area (Å²) in [5.74, 6) is 1.06. The molecule has 4 nitrogen and oxygen atoms in total. The highest BCUT2D eigenvalue weighted by Gasteiger charge is 2.24. The molecule has 0 atom stereocenters. The van der Waals surface area contributed by atoms with Crippen LogP contribution in [-0.4, -0.2) is 42.8 Å². The molecule has 1 saturated heterocycles. The van der Waals surface area contributed by atoms with Crippen LogP contribution in [0.1, 0.15) is 32.5 Å². The number of rotatable bonds is 6. The van der Waals surface area contributed by atoms with Crippen LogP contribution in [0.2, 0.25) is 0 Å². The molecule has 0 aliphatic carbocycles. The van der Waals surface area contributed by atoms with E-state index in [1.807, 2.05) is 53.4 Å². The van der Waals surface area contributed by atoms with Gasteiger partial charge in [0.25, 0.3) is 5.91 Å². The fourth-order valence-corrected chi connectivity index (χ4v) is 5.38. The van der Waals surface area contributed by atoms with Crippen molar-refractivity contribution in [3.05, 3.63) is 82.0 Å². The number of thioether (sulfide) groups is 1. The molecule has 1 aliphatic rings. The maximum absolute atomic E-state index is 13.2. The molecule has 0 N–H and O–H groups in total. The molecule has 1 fully saturated rings. The molecule has 6 heteroatoms. The number of Topliss-reactive ketones (excluding diaryl/α,β-unsaturated/α-hetero) is 1. The summed E-state index contributed by atoms with van der Waals surface area (Å²) in [5.41, 5.74) is 2.61. The highest BCUT2D eigenvalue weighted by Crippen LogP contribution is 2.29. The van der Waals surface area contributed by atoms with Gasteiger partial charge in [0.15, 0.2) is 5.78 Å². The first-order chi connectivity index (χ1) is 14.6. The average molecular weight is 437 g/mol. The zero-order chi connectivity index (χ0) is 20.9. The van der Waals surface area contributed by atoms with Crippen LogP contribution < -0.4 is 4.90 Å². The Balaban J connectivity index is 1.39. The van der Waals surface area contributed by atoms with E-state index in [0.717, 1.165) is 40.6 Å². The first-order valence-electron chi connectivity index (χ1n) is 10.0. The summed E-state index contributed by atoms with van der Waals surface area (Å²) in [7, 11) is 0. The number of benzene rings is 2. The Bertz CT molecular complexity index is 1010. The topological polar surface area (TPSA) is 40.6 Å². The molecule has 4 rings (SSSR count). The SMILES string of the molecule is CC(=O)c1ccc(N2CCN(C(=O)c3ccccc3SCc3cccs3)CC2)cc1. The van der Waals surface area contributed by atoms with Crippen LogP contribution in [0.5, 0.6) is 0 Å². The summed E-state index contributed by atoms with van der Waals surface area (Å²) < 4.78 is 0. The molecule has 154 valence electrons. The van der Waals surface area contributed by atoms with Crippen LogP contribution in [0.3, 0.4) is 0 Å². The van der Waals surface area contributed by atoms with Gasteiger partial charge in [-0.1, -0.05) is 18.2 Å². The summed E-state index contributed by atoms with van der Waals surface area (Å²) >= 11 is 3.47. The third-order valence-corrected chi connectivity index (χ3v) is 7.45. The number of hydrogen-bond donors (Lipinski definition) is 0. The van der Waals surface area contributed by atoms with Crippen molar-refractivity contribution in [1.82, 2.24) is 4.90 Å². The summed E-state index contributed by atoms with van der Waals surface area (Å²) in [4.78, 5) is 31.2. The van der Waals surface area contributed by atoms with Gasteiger partial charge in [-0.2, -0.15) is 0 Å². The van der Waals surface area contributed by atoms with Crippen molar-refractivity contribution in [1.29, 1.82) is 0 Å². The molecule has 3 aromatic rings. The van der Waals surface area contributed by atoms with E-state index >= 15 is 0 Å². The van der Waals surface area contributed by atoms with Crippen molar-refractivity contribution in [2.75, 3.05) is 31.1 Å². The van der Waals surface area contributed by atoms with Crippen molar-refractivity contribution >= 4 is 40.5 Å². The van der Waals surface area contributed by atoms with Gasteiger partial charge in [-0.15, -0.1) is 23.1 Å². The first kappa shape index (κ1) is 20.7. The van der Waals surface area contributed by atoms with Crippen molar-refractivity contribution in [2.24, 2.45) is 0 Å². The third kappa shape index (κ3) is 4.77. The van der Waals surface area contributed by atoms with Crippen LogP contribution in [0.15, 0.2) is 70.9 Å². The van der Waals surface area contributed by atoms with Crippen LogP contribution in [-0.2, 0) is 5.75 Å². The van der Waals surface area contributed by atoms with Crippen LogP contribution >= 0.6 is 23.1 Å². The van der Waals surface area contributed by atoms with E-state index in [1.54, 1.807) is 30.0 Å². The Kier molecular flexibility index (Phi) is 6.55. The smallest absolute Gasteiger partial charge is 0.255 e. The van der Waals surface area contributed by atoms with Gasteiger partial charge in [0.1, 0.15) is 0 Å². The van der Waals surface area contributed by atoms with Crippen molar-refractivity contribution in [2.45, 2.75) is 17.6 Å². The van der Waals surface area contributed by atoms with Crippen molar-refractivity contribution in [3.8, 4) is 0 Å². The Morgan fingerprint density at radius 3 is 2.33 bits per heavy atom. The number of carbonyl (C=O) groups is 2. The average Bonchev–Trinajstić information content (AvgIpc) is 3.31. The van der Waals surface area contributed by atoms with E-state index in [0.29, 0.717) is 13.1 Å². The van der Waals surface area contributed by atoms with Gasteiger partial charge in [0.05, 0.1) is 5.56 Å². The highest BCUT2D eigenvalue weighted by molar-refractivity contribution is 7.98. The van der Waals surface area contributed by atoms with Gasteiger partial charge in [-0.05, 0) is 54.8 Å². The second kappa shape index (κ2) is 9.49. The Morgan fingerprint density at radius 1 is 0.933 bits per heavy atom. The number of hydrogen-bond acceptors (Lipinski definition) is 5. The fourth-order valence-electron chi connectivity index (χ4n) is 3.56. The number of anilines is 1. The number of nitrogens with zero attached hydrogens (tertiary/aromatic N) is 2. The third-order valence-electron chi connectivity index (χ3n) is 5.27. The van der Waals surface area contributed by atoms with Crippen molar-refractivity contribution < 1.29 is 9.59 Å². The Labute approximate surface area is 185 Å². The second-order valence-corrected chi connectivity index (χ2v) is 9.30. The van der Waals surface area contributed by atoms with Crippen LogP contribution in [0.25, 0.3) is 0 Å². The molecule has 1 aliphatic heterocycles. The maximum Gasteiger partial charge on any atom is 0.255 e. The minimum absolute atomic E-state index is 0.0765. The monoisotopic (exact) mass is 436 g/mol. The zero-order valence-corrected chi connectivity index (χ0v) is 18.5. The molecule has 2 heterocycles. The molecular weight excluding hydrogens is 412 g/mol. The molecular formula is C24H24N2O2S2. The highest BCUT2D eigenvalue weighted by atomic mass is 32.2. The number of ketones is 1. The second-order valence-electron chi connectivity index (χ2n) is 7.25. The minimum Gasteiger partial charge on any atom is -0.368 e. The molecule has 0 spiro atoms. The van der Waals surface area contributed by atoms with Gasteiger partial charge in [-0.25, -0.2) is 0 Å². The van der Waals surface area contributed by atoms with E-state index < -0.39 is 0 Å². The fraction of sp³-hybridized carbons (Fsp3) is 0.250. The lowest BCUT2D eigenvalue weighted by molar-refractivity contribution is 0.0743. The van der Waals surface area contributed by atoms with E-state index in [2.05, 4.69) is 22.4 Å². The predicted molar refractivity (Wildman–Crippen MR) is 125 cm³/mol. The molecule has 0 radical (unpaired) electrons. The van der Waals surface area contributed by atoms with Gasteiger partial charge >= 0.3 is 0 Å². The van der Waals surface area contributed by atoms with E-state index in [9.17, 15) is 9.59 Å². The van der Waals surface area contributed by atoms with Crippen molar-refractivity contribution in [3.63, 3.8) is 0 Å². The summed E-state index contributed by atoms with van der Waals surface area (Å²) in [6.45, 7) is 4.54. The summed E-state index contributed by atoms with van der Waals surface area (Å²) in [6, 6.07) is 19.8. The normalized spacial score (nSPS) is 14.0. The van der Waals surface area contributed by atoms with E-state index in [4.69, 9.17) is 0 Å². The lowest BCUT2D eigenvalue weighted by Gasteiger charge is -2.36. The number of piperazine rings is 1.